The molecule has 0 saturated heterocycles. The molecule has 5 nitrogen and oxygen atoms in total. The van der Waals surface area contributed by atoms with Gasteiger partial charge in [0.15, 0.2) is 6.61 Å². The molecule has 1 atom stereocenters. The van der Waals surface area contributed by atoms with Crippen LogP contribution in [0.2, 0.25) is 10.0 Å². The van der Waals surface area contributed by atoms with Gasteiger partial charge in [0.1, 0.15) is 11.8 Å². The van der Waals surface area contributed by atoms with E-state index in [9.17, 15) is 9.59 Å². The Morgan fingerprint density at radius 2 is 1.71 bits per heavy atom. The number of carbonyl (C=O) groups is 2. The molecule has 0 heterocycles. The molecule has 0 bridgehead atoms. The second-order valence-electron chi connectivity index (χ2n) is 8.57. The number of rotatable bonds is 9. The van der Waals surface area contributed by atoms with Gasteiger partial charge in [0.2, 0.25) is 5.91 Å². The number of likely N-dealkylation sites (N-methyl/N-ethyl adjacent to an activating group) is 1. The van der Waals surface area contributed by atoms with Crippen LogP contribution in [-0.4, -0.2) is 36.4 Å². The number of amides is 2. The SMILES string of the molecule is CNC(=O)[C@@H](Cc1ccccc1)N(Cc1ccc(Cl)cc1Cl)C(=O)COc1cc(C)cc(C)c1C. The summed E-state index contributed by atoms with van der Waals surface area (Å²) in [5.74, 6) is 0.0638. The molecule has 35 heavy (non-hydrogen) atoms. The summed E-state index contributed by atoms with van der Waals surface area (Å²) < 4.78 is 5.97. The van der Waals surface area contributed by atoms with Crippen molar-refractivity contribution < 1.29 is 14.3 Å². The molecule has 0 aliphatic heterocycles. The number of ether oxygens (including phenoxy) is 1. The quantitative estimate of drug-likeness (QED) is 0.400. The molecule has 0 unspecified atom stereocenters. The second kappa shape index (κ2) is 12.1. The summed E-state index contributed by atoms with van der Waals surface area (Å²) in [6, 6.07) is 17.9. The summed E-state index contributed by atoms with van der Waals surface area (Å²) in [7, 11) is 1.56. The minimum Gasteiger partial charge on any atom is -0.483 e. The lowest BCUT2D eigenvalue weighted by molar-refractivity contribution is -0.142. The van der Waals surface area contributed by atoms with Gasteiger partial charge >= 0.3 is 0 Å². The first kappa shape index (κ1) is 26.6. The van der Waals surface area contributed by atoms with E-state index >= 15 is 0 Å². The van der Waals surface area contributed by atoms with E-state index in [1.165, 1.54) is 4.90 Å². The molecular weight excluding hydrogens is 483 g/mol. The van der Waals surface area contributed by atoms with Crippen LogP contribution in [0, 0.1) is 20.8 Å². The molecule has 3 rings (SSSR count). The van der Waals surface area contributed by atoms with Crippen molar-refractivity contribution in [1.29, 1.82) is 0 Å². The van der Waals surface area contributed by atoms with E-state index in [0.29, 0.717) is 27.8 Å². The van der Waals surface area contributed by atoms with Crippen LogP contribution >= 0.6 is 23.2 Å². The van der Waals surface area contributed by atoms with Crippen LogP contribution < -0.4 is 10.1 Å². The zero-order valence-electron chi connectivity index (χ0n) is 20.4. The molecule has 3 aromatic rings. The van der Waals surface area contributed by atoms with Crippen LogP contribution in [0.4, 0.5) is 0 Å². The van der Waals surface area contributed by atoms with Crippen LogP contribution in [-0.2, 0) is 22.6 Å². The minimum absolute atomic E-state index is 0.134. The Labute approximate surface area is 217 Å². The van der Waals surface area contributed by atoms with Crippen LogP contribution in [0.5, 0.6) is 5.75 Å². The average molecular weight is 513 g/mol. The van der Waals surface area contributed by atoms with Crippen molar-refractivity contribution in [2.24, 2.45) is 0 Å². The second-order valence-corrected chi connectivity index (χ2v) is 9.41. The highest BCUT2D eigenvalue weighted by atomic mass is 35.5. The highest BCUT2D eigenvalue weighted by Crippen LogP contribution is 2.26. The maximum absolute atomic E-state index is 13.6. The average Bonchev–Trinajstić information content (AvgIpc) is 2.83. The van der Waals surface area contributed by atoms with Crippen molar-refractivity contribution in [1.82, 2.24) is 10.2 Å². The Balaban J connectivity index is 1.93. The van der Waals surface area contributed by atoms with Crippen LogP contribution in [0.15, 0.2) is 60.7 Å². The molecule has 7 heteroatoms. The lowest BCUT2D eigenvalue weighted by Gasteiger charge is -2.31. The summed E-state index contributed by atoms with van der Waals surface area (Å²) in [4.78, 5) is 28.1. The lowest BCUT2D eigenvalue weighted by atomic mass is 10.0. The summed E-state index contributed by atoms with van der Waals surface area (Å²) in [5, 5.41) is 3.63. The Hall–Kier alpha value is -3.02. The lowest BCUT2D eigenvalue weighted by Crippen LogP contribution is -2.51. The summed E-state index contributed by atoms with van der Waals surface area (Å²) >= 11 is 12.5. The molecule has 184 valence electrons. The molecule has 0 saturated carbocycles. The molecular formula is C28H30Cl2N2O3. The van der Waals surface area contributed by atoms with Gasteiger partial charge in [-0.25, -0.2) is 0 Å². The Kier molecular flexibility index (Phi) is 9.19. The van der Waals surface area contributed by atoms with Crippen molar-refractivity contribution in [3.63, 3.8) is 0 Å². The maximum atomic E-state index is 13.6. The van der Waals surface area contributed by atoms with Crippen LogP contribution in [0.1, 0.15) is 27.8 Å². The fourth-order valence-corrected chi connectivity index (χ4v) is 4.40. The van der Waals surface area contributed by atoms with Gasteiger partial charge in [0, 0.05) is 30.1 Å². The number of hydrogen-bond acceptors (Lipinski definition) is 3. The van der Waals surface area contributed by atoms with E-state index in [-0.39, 0.29) is 25.0 Å². The van der Waals surface area contributed by atoms with E-state index in [0.717, 1.165) is 22.3 Å². The third-order valence-electron chi connectivity index (χ3n) is 5.99. The zero-order chi connectivity index (χ0) is 25.5. The third-order valence-corrected chi connectivity index (χ3v) is 6.58. The minimum atomic E-state index is -0.759. The summed E-state index contributed by atoms with van der Waals surface area (Å²) in [5.41, 5.74) is 4.74. The fraction of sp³-hybridized carbons (Fsp3) is 0.286. The van der Waals surface area contributed by atoms with E-state index in [1.54, 1.807) is 25.2 Å². The standard InChI is InChI=1S/C28H30Cl2N2O3/c1-18-12-19(2)20(3)26(13-18)35-17-27(33)32(16-22-10-11-23(29)15-24(22)30)25(28(34)31-4)14-21-8-6-5-7-9-21/h5-13,15,25H,14,16-17H2,1-4H3,(H,31,34)/t25-/m1/s1. The molecule has 0 spiro atoms. The van der Waals surface area contributed by atoms with E-state index < -0.39 is 6.04 Å². The summed E-state index contributed by atoms with van der Waals surface area (Å²) in [6.07, 6.45) is 0.347. The number of benzene rings is 3. The number of carbonyl (C=O) groups excluding carboxylic acids is 2. The molecule has 1 N–H and O–H groups in total. The molecule has 0 radical (unpaired) electrons. The van der Waals surface area contributed by atoms with Gasteiger partial charge in [-0.1, -0.05) is 65.7 Å². The van der Waals surface area contributed by atoms with Crippen molar-refractivity contribution >= 4 is 35.0 Å². The molecule has 2 amide bonds. The first-order chi connectivity index (χ1) is 16.7. The van der Waals surface area contributed by atoms with E-state index in [1.807, 2.05) is 57.2 Å². The predicted molar refractivity (Wildman–Crippen MR) is 141 cm³/mol. The number of nitrogens with one attached hydrogen (secondary N) is 1. The molecule has 0 aliphatic carbocycles. The van der Waals surface area contributed by atoms with Gasteiger partial charge in [0.25, 0.3) is 5.91 Å². The number of nitrogens with zero attached hydrogens (tertiary/aromatic N) is 1. The molecule has 0 aliphatic rings. The largest absolute Gasteiger partial charge is 0.483 e. The van der Waals surface area contributed by atoms with Crippen molar-refractivity contribution in [2.45, 2.75) is 39.8 Å². The molecule has 0 aromatic heterocycles. The zero-order valence-corrected chi connectivity index (χ0v) is 21.9. The number of halogens is 2. The highest BCUT2D eigenvalue weighted by Gasteiger charge is 2.30. The van der Waals surface area contributed by atoms with Crippen molar-refractivity contribution in [2.75, 3.05) is 13.7 Å². The van der Waals surface area contributed by atoms with E-state index in [2.05, 4.69) is 11.4 Å². The van der Waals surface area contributed by atoms with E-state index in [4.69, 9.17) is 27.9 Å². The first-order valence-corrected chi connectivity index (χ1v) is 12.1. The Morgan fingerprint density at radius 1 is 1.00 bits per heavy atom. The third kappa shape index (κ3) is 7.00. The fourth-order valence-electron chi connectivity index (χ4n) is 3.93. The van der Waals surface area contributed by atoms with Gasteiger partial charge in [-0.2, -0.15) is 0 Å². The molecule has 0 fully saturated rings. The van der Waals surface area contributed by atoms with Crippen LogP contribution in [0.25, 0.3) is 0 Å². The van der Waals surface area contributed by atoms with Gasteiger partial charge in [-0.05, 0) is 66.8 Å². The smallest absolute Gasteiger partial charge is 0.261 e. The van der Waals surface area contributed by atoms with Gasteiger partial charge in [-0.3, -0.25) is 9.59 Å². The van der Waals surface area contributed by atoms with Crippen LogP contribution in [0.3, 0.4) is 0 Å². The normalized spacial score (nSPS) is 11.6. The number of aryl methyl sites for hydroxylation is 2. The number of hydrogen-bond donors (Lipinski definition) is 1. The Morgan fingerprint density at radius 3 is 2.37 bits per heavy atom. The topological polar surface area (TPSA) is 58.6 Å². The maximum Gasteiger partial charge on any atom is 0.261 e. The van der Waals surface area contributed by atoms with Gasteiger partial charge in [-0.15, -0.1) is 0 Å². The Bertz CT molecular complexity index is 1200. The summed E-state index contributed by atoms with van der Waals surface area (Å²) in [6.45, 7) is 5.87. The van der Waals surface area contributed by atoms with Crippen molar-refractivity contribution in [3.8, 4) is 5.75 Å². The predicted octanol–water partition coefficient (Wildman–Crippen LogP) is 5.68. The highest BCUT2D eigenvalue weighted by molar-refractivity contribution is 6.35. The first-order valence-electron chi connectivity index (χ1n) is 11.4. The van der Waals surface area contributed by atoms with Crippen molar-refractivity contribution in [3.05, 3.63) is 98.5 Å². The van der Waals surface area contributed by atoms with Gasteiger partial charge in [0.05, 0.1) is 0 Å². The molecule has 3 aromatic carbocycles. The monoisotopic (exact) mass is 512 g/mol. The van der Waals surface area contributed by atoms with Gasteiger partial charge < -0.3 is 15.0 Å².